The van der Waals surface area contributed by atoms with Crippen LogP contribution in [-0.4, -0.2) is 63.8 Å². The molecular weight excluding hydrogens is 492 g/mol. The molecule has 5 aliphatic rings. The molecule has 5 rings (SSSR count). The van der Waals surface area contributed by atoms with Crippen molar-refractivity contribution in [3.8, 4) is 0 Å². The van der Waals surface area contributed by atoms with E-state index in [-0.39, 0.29) is 6.10 Å². The fourth-order valence-corrected chi connectivity index (χ4v) is 8.77. The van der Waals surface area contributed by atoms with Gasteiger partial charge in [-0.15, -0.1) is 0 Å². The third-order valence-electron chi connectivity index (χ3n) is 11.1. The Morgan fingerprint density at radius 2 is 1.64 bits per heavy atom. The maximum absolute atomic E-state index is 10.4. The largest absolute Gasteiger partial charge is 0.394 e. The fourth-order valence-electron chi connectivity index (χ4n) is 8.77. The van der Waals surface area contributed by atoms with E-state index in [1.807, 2.05) is 0 Å². The minimum absolute atomic E-state index is 0.110. The van der Waals surface area contributed by atoms with Crippen molar-refractivity contribution in [2.45, 2.75) is 116 Å². The maximum atomic E-state index is 10.4. The SMILES string of the molecule is CC[C@H](/C=C/[C@H](C)[C@@H]1CC[C@@H]2C3=CC=C4C[C@@H](O[C@H]5O[C@@H](CO)[C@H](O)[C@@H](O)[C@@H]5O)CC[C@@H]4[C@@H]3CC[C@@H]12)C(C)C. The Morgan fingerprint density at radius 1 is 0.897 bits per heavy atom. The molecule has 1 saturated heterocycles. The van der Waals surface area contributed by atoms with Crippen LogP contribution in [0.1, 0.15) is 79.1 Å². The van der Waals surface area contributed by atoms with Gasteiger partial charge >= 0.3 is 0 Å². The Kier molecular flexibility index (Phi) is 9.42. The van der Waals surface area contributed by atoms with Gasteiger partial charge in [-0.2, -0.15) is 0 Å². The van der Waals surface area contributed by atoms with Gasteiger partial charge in [-0.3, -0.25) is 0 Å². The molecule has 39 heavy (non-hydrogen) atoms. The summed E-state index contributed by atoms with van der Waals surface area (Å²) in [7, 11) is 0. The first kappa shape index (κ1) is 29.5. The monoisotopic (exact) mass is 544 g/mol. The first-order chi connectivity index (χ1) is 18.7. The summed E-state index contributed by atoms with van der Waals surface area (Å²) in [6.45, 7) is 8.99. The second-order valence-corrected chi connectivity index (χ2v) is 13.5. The highest BCUT2D eigenvalue weighted by Crippen LogP contribution is 2.57. The molecule has 0 spiro atoms. The van der Waals surface area contributed by atoms with E-state index >= 15 is 0 Å². The Morgan fingerprint density at radius 3 is 2.36 bits per heavy atom. The van der Waals surface area contributed by atoms with E-state index in [9.17, 15) is 20.4 Å². The lowest BCUT2D eigenvalue weighted by Gasteiger charge is -2.47. The molecule has 0 bridgehead atoms. The maximum Gasteiger partial charge on any atom is 0.186 e. The van der Waals surface area contributed by atoms with E-state index in [0.29, 0.717) is 29.6 Å². The van der Waals surface area contributed by atoms with Crippen molar-refractivity contribution < 1.29 is 29.9 Å². The van der Waals surface area contributed by atoms with Gasteiger partial charge in [-0.05, 0) is 98.7 Å². The van der Waals surface area contributed by atoms with E-state index in [1.54, 1.807) is 5.57 Å². The molecule has 0 unspecified atom stereocenters. The number of fused-ring (bicyclic) bond motifs is 5. The van der Waals surface area contributed by atoms with E-state index in [2.05, 4.69) is 52.0 Å². The predicted molar refractivity (Wildman–Crippen MR) is 151 cm³/mol. The highest BCUT2D eigenvalue weighted by Gasteiger charge is 2.49. The molecule has 220 valence electrons. The van der Waals surface area contributed by atoms with Crippen LogP contribution >= 0.6 is 0 Å². The minimum Gasteiger partial charge on any atom is -0.394 e. The molecule has 0 aromatic carbocycles. The lowest BCUT2D eigenvalue weighted by atomic mass is 9.60. The molecule has 0 aromatic rings. The molecule has 13 atom stereocenters. The van der Waals surface area contributed by atoms with E-state index in [0.717, 1.165) is 37.0 Å². The molecule has 6 heteroatoms. The normalized spacial score (nSPS) is 43.9. The van der Waals surface area contributed by atoms with Gasteiger partial charge in [0.1, 0.15) is 24.4 Å². The lowest BCUT2D eigenvalue weighted by Crippen LogP contribution is -2.59. The molecule has 4 N–H and O–H groups in total. The van der Waals surface area contributed by atoms with Gasteiger partial charge in [0.05, 0.1) is 12.7 Å². The van der Waals surface area contributed by atoms with Gasteiger partial charge in [0.2, 0.25) is 0 Å². The highest BCUT2D eigenvalue weighted by molar-refractivity contribution is 5.34. The summed E-state index contributed by atoms with van der Waals surface area (Å²) in [4.78, 5) is 0. The van der Waals surface area contributed by atoms with Gasteiger partial charge < -0.3 is 29.9 Å². The third-order valence-corrected chi connectivity index (χ3v) is 11.1. The van der Waals surface area contributed by atoms with Crippen molar-refractivity contribution in [1.29, 1.82) is 0 Å². The van der Waals surface area contributed by atoms with Crippen LogP contribution in [0.4, 0.5) is 0 Å². The minimum atomic E-state index is -1.40. The summed E-state index contributed by atoms with van der Waals surface area (Å²) < 4.78 is 11.7. The number of rotatable bonds is 8. The van der Waals surface area contributed by atoms with Crippen molar-refractivity contribution in [2.75, 3.05) is 6.61 Å². The summed E-state index contributed by atoms with van der Waals surface area (Å²) in [5, 5.41) is 40.1. The van der Waals surface area contributed by atoms with Gasteiger partial charge in [0.25, 0.3) is 0 Å². The van der Waals surface area contributed by atoms with Crippen LogP contribution in [0.3, 0.4) is 0 Å². The van der Waals surface area contributed by atoms with Gasteiger partial charge in [0.15, 0.2) is 6.29 Å². The summed E-state index contributed by atoms with van der Waals surface area (Å²) in [6.07, 6.45) is 12.9. The Bertz CT molecular complexity index is 923. The smallest absolute Gasteiger partial charge is 0.186 e. The van der Waals surface area contributed by atoms with Crippen LogP contribution in [0.5, 0.6) is 0 Å². The molecule has 3 saturated carbocycles. The number of aliphatic hydroxyl groups excluding tert-OH is 4. The number of hydrogen-bond acceptors (Lipinski definition) is 6. The van der Waals surface area contributed by atoms with Crippen molar-refractivity contribution in [3.63, 3.8) is 0 Å². The second kappa shape index (κ2) is 12.5. The standard InChI is InChI=1S/C33H52O6/c1-5-20(18(2)3)7-6-19(4)23-12-13-28-25(23)14-15-26-24-11-9-22(16-21(24)8-10-27(26)28)38-33-32(37)31(36)30(35)29(17-34)39-33/h6-8,10,18-20,22-26,28-37H,5,9,11-17H2,1-4H3/b7-6+/t19-,20+,22-,23-,24-,25-,26-,28-,29-,30-,31+,32-,33-/m0/s1. The Balaban J connectivity index is 1.22. The number of allylic oxidation sites excluding steroid dienone is 5. The molecule has 0 amide bonds. The molecule has 0 radical (unpaired) electrons. The van der Waals surface area contributed by atoms with Gasteiger partial charge in [-0.25, -0.2) is 0 Å². The molecule has 1 heterocycles. The van der Waals surface area contributed by atoms with E-state index < -0.39 is 37.3 Å². The van der Waals surface area contributed by atoms with Gasteiger partial charge in [0, 0.05) is 0 Å². The highest BCUT2D eigenvalue weighted by atomic mass is 16.7. The summed E-state index contributed by atoms with van der Waals surface area (Å²) in [5.41, 5.74) is 3.15. The average molecular weight is 545 g/mol. The molecule has 4 aliphatic carbocycles. The van der Waals surface area contributed by atoms with Crippen molar-refractivity contribution in [1.82, 2.24) is 0 Å². The van der Waals surface area contributed by atoms with Crippen molar-refractivity contribution in [2.24, 2.45) is 47.3 Å². The van der Waals surface area contributed by atoms with Crippen LogP contribution in [0, 0.1) is 47.3 Å². The summed E-state index contributed by atoms with van der Waals surface area (Å²) >= 11 is 0. The first-order valence-electron chi connectivity index (χ1n) is 15.8. The van der Waals surface area contributed by atoms with Crippen molar-refractivity contribution in [3.05, 3.63) is 35.5 Å². The molecule has 4 fully saturated rings. The van der Waals surface area contributed by atoms with E-state index in [4.69, 9.17) is 9.47 Å². The quantitative estimate of drug-likeness (QED) is 0.329. The Hall–Kier alpha value is -1.02. The second-order valence-electron chi connectivity index (χ2n) is 13.5. The molecule has 0 aromatic heterocycles. The first-order valence-corrected chi connectivity index (χ1v) is 15.8. The Labute approximate surface area is 235 Å². The van der Waals surface area contributed by atoms with Crippen LogP contribution in [0.25, 0.3) is 0 Å². The topological polar surface area (TPSA) is 99.4 Å². The van der Waals surface area contributed by atoms with Crippen molar-refractivity contribution >= 4 is 0 Å². The lowest BCUT2D eigenvalue weighted by molar-refractivity contribution is -0.312. The van der Waals surface area contributed by atoms with E-state index in [1.165, 1.54) is 37.7 Å². The van der Waals surface area contributed by atoms with Crippen LogP contribution in [0.15, 0.2) is 35.5 Å². The molecular formula is C33H52O6. The zero-order chi connectivity index (χ0) is 27.8. The zero-order valence-corrected chi connectivity index (χ0v) is 24.4. The predicted octanol–water partition coefficient (Wildman–Crippen LogP) is 4.76. The third kappa shape index (κ3) is 5.85. The summed E-state index contributed by atoms with van der Waals surface area (Å²) in [5.74, 6) is 5.61. The summed E-state index contributed by atoms with van der Waals surface area (Å²) in [6, 6.07) is 0. The molecule has 1 aliphatic heterocycles. The zero-order valence-electron chi connectivity index (χ0n) is 24.4. The van der Waals surface area contributed by atoms with Crippen LogP contribution in [-0.2, 0) is 9.47 Å². The van der Waals surface area contributed by atoms with Crippen LogP contribution < -0.4 is 0 Å². The average Bonchev–Trinajstić information content (AvgIpc) is 3.37. The molecule has 6 nitrogen and oxygen atoms in total. The number of ether oxygens (including phenoxy) is 2. The number of aliphatic hydroxyl groups is 4. The fraction of sp³-hybridized carbons (Fsp3) is 0.818. The van der Waals surface area contributed by atoms with Crippen LogP contribution in [0.2, 0.25) is 0 Å². The van der Waals surface area contributed by atoms with Gasteiger partial charge in [-0.1, -0.05) is 63.1 Å². The number of hydrogen-bond donors (Lipinski definition) is 4.